The van der Waals surface area contributed by atoms with Crippen LogP contribution in [0.1, 0.15) is 39.7 Å². The van der Waals surface area contributed by atoms with E-state index in [9.17, 15) is 4.79 Å². The molecular weight excluding hydrogens is 398 g/mol. The second-order valence-electron chi connectivity index (χ2n) is 7.60. The summed E-state index contributed by atoms with van der Waals surface area (Å²) in [6.45, 7) is 2.03. The SMILES string of the molecule is Cc1cccc(Nc2nn(-c3ccc(Cl)cc3)c3c2C(=O)CC(c2ccco2)C3)c1. The minimum Gasteiger partial charge on any atom is -0.469 e. The number of aryl methyl sites for hydroxylation is 1. The summed E-state index contributed by atoms with van der Waals surface area (Å²) in [4.78, 5) is 13.2. The van der Waals surface area contributed by atoms with E-state index in [1.165, 1.54) is 0 Å². The number of ketones is 1. The Hall–Kier alpha value is -3.31. The molecule has 6 heteroatoms. The first-order valence-corrected chi connectivity index (χ1v) is 10.2. The zero-order valence-electron chi connectivity index (χ0n) is 16.4. The molecule has 0 saturated heterocycles. The van der Waals surface area contributed by atoms with E-state index >= 15 is 0 Å². The Morgan fingerprint density at radius 3 is 2.67 bits per heavy atom. The Bertz CT molecular complexity index is 1210. The highest BCUT2D eigenvalue weighted by Crippen LogP contribution is 2.38. The Morgan fingerprint density at radius 1 is 1.10 bits per heavy atom. The van der Waals surface area contributed by atoms with Gasteiger partial charge in [0.1, 0.15) is 5.76 Å². The van der Waals surface area contributed by atoms with Gasteiger partial charge in [-0.15, -0.1) is 5.10 Å². The number of carbonyl (C=O) groups excluding carboxylic acids is 1. The summed E-state index contributed by atoms with van der Waals surface area (Å²) in [5, 5.41) is 8.80. The van der Waals surface area contributed by atoms with Gasteiger partial charge in [0.25, 0.3) is 0 Å². The second-order valence-corrected chi connectivity index (χ2v) is 8.03. The molecule has 150 valence electrons. The molecule has 2 aromatic heterocycles. The molecule has 4 aromatic rings. The van der Waals surface area contributed by atoms with Crippen LogP contribution < -0.4 is 5.32 Å². The number of carbonyl (C=O) groups is 1. The Morgan fingerprint density at radius 2 is 1.93 bits per heavy atom. The van der Waals surface area contributed by atoms with Crippen molar-refractivity contribution in [3.8, 4) is 5.69 Å². The molecule has 0 saturated carbocycles. The number of aromatic nitrogens is 2. The smallest absolute Gasteiger partial charge is 0.169 e. The fourth-order valence-electron chi connectivity index (χ4n) is 4.03. The minimum absolute atomic E-state index is 0.00503. The molecule has 1 atom stereocenters. The van der Waals surface area contributed by atoms with Crippen LogP contribution in [0.15, 0.2) is 71.3 Å². The molecule has 1 N–H and O–H groups in total. The van der Waals surface area contributed by atoms with Crippen molar-refractivity contribution in [1.29, 1.82) is 0 Å². The van der Waals surface area contributed by atoms with E-state index in [0.29, 0.717) is 29.2 Å². The maximum Gasteiger partial charge on any atom is 0.169 e. The highest BCUT2D eigenvalue weighted by molar-refractivity contribution is 6.30. The van der Waals surface area contributed by atoms with Gasteiger partial charge < -0.3 is 9.73 Å². The Balaban J connectivity index is 1.62. The van der Waals surface area contributed by atoms with E-state index in [1.54, 1.807) is 6.26 Å². The number of fused-ring (bicyclic) bond motifs is 1. The molecule has 0 spiro atoms. The van der Waals surface area contributed by atoms with Crippen LogP contribution in [-0.2, 0) is 6.42 Å². The highest BCUT2D eigenvalue weighted by atomic mass is 35.5. The van der Waals surface area contributed by atoms with Gasteiger partial charge in [-0.05, 0) is 61.0 Å². The van der Waals surface area contributed by atoms with Gasteiger partial charge in [0.15, 0.2) is 11.6 Å². The van der Waals surface area contributed by atoms with E-state index in [2.05, 4.69) is 5.32 Å². The average Bonchev–Trinajstić information content (AvgIpc) is 3.38. The first-order chi connectivity index (χ1) is 14.6. The molecule has 0 radical (unpaired) electrons. The van der Waals surface area contributed by atoms with Gasteiger partial charge in [0.05, 0.1) is 23.2 Å². The summed E-state index contributed by atoms with van der Waals surface area (Å²) in [5.74, 6) is 1.46. The van der Waals surface area contributed by atoms with Crippen molar-refractivity contribution < 1.29 is 9.21 Å². The zero-order valence-corrected chi connectivity index (χ0v) is 17.2. The van der Waals surface area contributed by atoms with E-state index in [-0.39, 0.29) is 11.7 Å². The van der Waals surface area contributed by atoms with E-state index in [0.717, 1.165) is 28.4 Å². The van der Waals surface area contributed by atoms with E-state index < -0.39 is 0 Å². The minimum atomic E-state index is -0.00503. The molecule has 0 bridgehead atoms. The molecule has 1 aliphatic carbocycles. The molecule has 30 heavy (non-hydrogen) atoms. The third-order valence-electron chi connectivity index (χ3n) is 5.43. The summed E-state index contributed by atoms with van der Waals surface area (Å²) in [6.07, 6.45) is 2.71. The van der Waals surface area contributed by atoms with Crippen molar-refractivity contribution in [2.45, 2.75) is 25.7 Å². The normalized spacial score (nSPS) is 15.8. The molecule has 5 rings (SSSR count). The van der Waals surface area contributed by atoms with Crippen LogP contribution in [-0.4, -0.2) is 15.6 Å². The van der Waals surface area contributed by atoms with Crippen LogP contribution in [0.25, 0.3) is 5.69 Å². The standard InChI is InChI=1S/C24H20ClN3O2/c1-15-4-2-5-18(12-15)26-24-23-20(28(27-24)19-9-7-17(25)8-10-19)13-16(14-21(23)29)22-6-3-11-30-22/h2-12,16H,13-14H2,1H3,(H,26,27). The lowest BCUT2D eigenvalue weighted by atomic mass is 9.85. The molecule has 1 aliphatic rings. The second kappa shape index (κ2) is 7.50. The van der Waals surface area contributed by atoms with Gasteiger partial charge >= 0.3 is 0 Å². The molecular formula is C24H20ClN3O2. The number of nitrogens with zero attached hydrogens (tertiary/aromatic N) is 2. The van der Waals surface area contributed by atoms with Crippen LogP contribution in [0.5, 0.6) is 0 Å². The molecule has 2 aromatic carbocycles. The molecule has 0 fully saturated rings. The van der Waals surface area contributed by atoms with Crippen molar-refractivity contribution in [3.05, 3.63) is 94.5 Å². The van der Waals surface area contributed by atoms with Crippen LogP contribution in [0.3, 0.4) is 0 Å². The summed E-state index contributed by atoms with van der Waals surface area (Å²) in [5.41, 5.74) is 4.43. The molecule has 0 aliphatic heterocycles. The summed E-state index contributed by atoms with van der Waals surface area (Å²) < 4.78 is 7.44. The maximum atomic E-state index is 13.2. The Labute approximate surface area is 179 Å². The lowest BCUT2D eigenvalue weighted by Crippen LogP contribution is -2.20. The van der Waals surface area contributed by atoms with Gasteiger partial charge in [-0.2, -0.15) is 0 Å². The first kappa shape index (κ1) is 18.7. The molecule has 5 nitrogen and oxygen atoms in total. The summed E-state index contributed by atoms with van der Waals surface area (Å²) in [6, 6.07) is 19.3. The number of benzene rings is 2. The molecule has 1 unspecified atom stereocenters. The maximum absolute atomic E-state index is 13.2. The monoisotopic (exact) mass is 417 g/mol. The van der Waals surface area contributed by atoms with Crippen molar-refractivity contribution >= 4 is 28.9 Å². The molecule has 2 heterocycles. The summed E-state index contributed by atoms with van der Waals surface area (Å²) >= 11 is 6.08. The number of halogens is 1. The van der Waals surface area contributed by atoms with Gasteiger partial charge in [-0.1, -0.05) is 23.7 Å². The van der Waals surface area contributed by atoms with Crippen LogP contribution >= 0.6 is 11.6 Å². The summed E-state index contributed by atoms with van der Waals surface area (Å²) in [7, 11) is 0. The number of Topliss-reactive ketones (excluding diaryl/α,β-unsaturated/α-hetero) is 1. The molecule has 0 amide bonds. The quantitative estimate of drug-likeness (QED) is 0.437. The van der Waals surface area contributed by atoms with Crippen LogP contribution in [0.2, 0.25) is 5.02 Å². The third-order valence-corrected chi connectivity index (χ3v) is 5.68. The van der Waals surface area contributed by atoms with Crippen molar-refractivity contribution in [2.24, 2.45) is 0 Å². The first-order valence-electron chi connectivity index (χ1n) is 9.86. The largest absolute Gasteiger partial charge is 0.469 e. The van der Waals surface area contributed by atoms with Crippen molar-refractivity contribution in [1.82, 2.24) is 9.78 Å². The lowest BCUT2D eigenvalue weighted by molar-refractivity contribution is 0.0960. The van der Waals surface area contributed by atoms with Crippen molar-refractivity contribution in [3.63, 3.8) is 0 Å². The number of anilines is 2. The van der Waals surface area contributed by atoms with Gasteiger partial charge in [0, 0.05) is 29.5 Å². The average molecular weight is 418 g/mol. The predicted octanol–water partition coefficient (Wildman–Crippen LogP) is 6.08. The number of hydrogen-bond donors (Lipinski definition) is 1. The van der Waals surface area contributed by atoms with E-state index in [1.807, 2.05) is 72.3 Å². The highest BCUT2D eigenvalue weighted by Gasteiger charge is 2.34. The fraction of sp³-hybridized carbons (Fsp3) is 0.167. The van der Waals surface area contributed by atoms with Gasteiger partial charge in [-0.3, -0.25) is 4.79 Å². The number of nitrogens with one attached hydrogen (secondary N) is 1. The van der Waals surface area contributed by atoms with Crippen LogP contribution in [0, 0.1) is 6.92 Å². The van der Waals surface area contributed by atoms with E-state index in [4.69, 9.17) is 21.1 Å². The fourth-order valence-corrected chi connectivity index (χ4v) is 4.16. The number of furan rings is 1. The Kier molecular flexibility index (Phi) is 4.68. The van der Waals surface area contributed by atoms with Crippen molar-refractivity contribution in [2.75, 3.05) is 5.32 Å². The third kappa shape index (κ3) is 3.42. The lowest BCUT2D eigenvalue weighted by Gasteiger charge is -2.21. The topological polar surface area (TPSA) is 60.1 Å². The van der Waals surface area contributed by atoms with Gasteiger partial charge in [0.2, 0.25) is 0 Å². The van der Waals surface area contributed by atoms with Gasteiger partial charge in [-0.25, -0.2) is 4.68 Å². The number of hydrogen-bond acceptors (Lipinski definition) is 4. The zero-order chi connectivity index (χ0) is 20.7. The number of rotatable bonds is 4. The van der Waals surface area contributed by atoms with Crippen LogP contribution in [0.4, 0.5) is 11.5 Å². The predicted molar refractivity (Wildman–Crippen MR) is 117 cm³/mol.